The van der Waals surface area contributed by atoms with Crippen LogP contribution in [0.4, 0.5) is 5.69 Å². The molecule has 0 heterocycles. The van der Waals surface area contributed by atoms with E-state index in [0.717, 1.165) is 10.8 Å². The summed E-state index contributed by atoms with van der Waals surface area (Å²) in [6, 6.07) is 10.5. The Kier molecular flexibility index (Phi) is 2.42. The van der Waals surface area contributed by atoms with Gasteiger partial charge in [0, 0.05) is 0 Å². The molecule has 0 aromatic heterocycles. The van der Waals surface area contributed by atoms with Gasteiger partial charge < -0.3 is 15.3 Å². The van der Waals surface area contributed by atoms with E-state index in [-0.39, 0.29) is 16.7 Å². The molecule has 0 unspecified atom stereocenters. The molecule has 0 saturated heterocycles. The van der Waals surface area contributed by atoms with Gasteiger partial charge in [-0.25, -0.2) is 0 Å². The number of anilines is 1. The summed E-state index contributed by atoms with van der Waals surface area (Å²) in [4.78, 5) is 4.51. The van der Waals surface area contributed by atoms with Gasteiger partial charge in [0.1, 0.15) is 0 Å². The Morgan fingerprint density at radius 2 is 1.80 bits per heavy atom. The van der Waals surface area contributed by atoms with E-state index in [0.29, 0.717) is 0 Å². The average Bonchev–Trinajstić information content (AvgIpc) is 2.27. The summed E-state index contributed by atoms with van der Waals surface area (Å²) < 4.78 is 0. The lowest BCUT2D eigenvalue weighted by Crippen LogP contribution is -2.11. The Balaban J connectivity index is 2.69. The van der Waals surface area contributed by atoms with Crippen LogP contribution in [-0.2, 0) is 0 Å². The molecule has 0 atom stereocenters. The summed E-state index contributed by atoms with van der Waals surface area (Å²) in [5.74, 6) is 5.13. The highest BCUT2D eigenvalue weighted by Gasteiger charge is 2.06. The van der Waals surface area contributed by atoms with Crippen LogP contribution in [0, 0.1) is 5.21 Å². The molecule has 0 saturated carbocycles. The molecular formula is C10H9N2O3-. The van der Waals surface area contributed by atoms with Gasteiger partial charge >= 0.3 is 0 Å². The Hall–Kier alpha value is -1.82. The van der Waals surface area contributed by atoms with Crippen LogP contribution >= 0.6 is 0 Å². The fourth-order valence-corrected chi connectivity index (χ4v) is 1.45. The van der Waals surface area contributed by atoms with E-state index >= 15 is 0 Å². The van der Waals surface area contributed by atoms with Crippen LogP contribution in [0.2, 0.25) is 0 Å². The van der Waals surface area contributed by atoms with Gasteiger partial charge in [-0.15, -0.1) is 0 Å². The molecule has 0 fully saturated rings. The second-order valence-electron chi connectivity index (χ2n) is 3.06. The Morgan fingerprint density at radius 1 is 1.20 bits per heavy atom. The molecule has 15 heavy (non-hydrogen) atoms. The first-order valence-corrected chi connectivity index (χ1v) is 4.28. The van der Waals surface area contributed by atoms with Crippen LogP contribution in [0.15, 0.2) is 36.4 Å². The maximum Gasteiger partial charge on any atom is 0.172 e. The summed E-state index contributed by atoms with van der Waals surface area (Å²) in [7, 11) is 0. The van der Waals surface area contributed by atoms with Crippen molar-refractivity contribution >= 4 is 16.5 Å². The van der Waals surface area contributed by atoms with Crippen LogP contribution in [0.1, 0.15) is 0 Å². The lowest BCUT2D eigenvalue weighted by atomic mass is 10.1. The second kappa shape index (κ2) is 3.74. The first-order valence-electron chi connectivity index (χ1n) is 4.28. The van der Waals surface area contributed by atoms with Crippen molar-refractivity contribution in [3.8, 4) is 5.75 Å². The molecule has 2 aromatic carbocycles. The fraction of sp³-hybridized carbons (Fsp3) is 0. The number of nitrogens with two attached hydrogens (primary N) is 1. The summed E-state index contributed by atoms with van der Waals surface area (Å²) >= 11 is 0. The third-order valence-electron chi connectivity index (χ3n) is 2.16. The second-order valence-corrected chi connectivity index (χ2v) is 3.06. The molecule has 78 valence electrons. The van der Waals surface area contributed by atoms with E-state index in [1.807, 2.05) is 24.3 Å². The van der Waals surface area contributed by atoms with Crippen LogP contribution < -0.4 is 16.0 Å². The zero-order valence-electron chi connectivity index (χ0n) is 7.75. The van der Waals surface area contributed by atoms with E-state index in [1.165, 1.54) is 6.07 Å². The van der Waals surface area contributed by atoms with Gasteiger partial charge in [0.15, 0.2) is 5.75 Å². The first-order chi connectivity index (χ1) is 7.22. The molecule has 0 aliphatic heterocycles. The minimum Gasteiger partial charge on any atom is -0.733 e. The number of hydrogen-bond acceptors (Lipinski definition) is 5. The molecule has 0 amide bonds. The molecule has 0 spiro atoms. The molecule has 0 aliphatic carbocycles. The van der Waals surface area contributed by atoms with Crippen LogP contribution in [0.25, 0.3) is 10.8 Å². The van der Waals surface area contributed by atoms with Gasteiger partial charge in [-0.1, -0.05) is 24.3 Å². The van der Waals surface area contributed by atoms with E-state index in [1.54, 1.807) is 6.07 Å². The highest BCUT2D eigenvalue weighted by atomic mass is 16.8. The minimum absolute atomic E-state index is 0.0174. The number of rotatable bonds is 2. The van der Waals surface area contributed by atoms with Gasteiger partial charge in [0.2, 0.25) is 0 Å². The molecule has 0 bridgehead atoms. The van der Waals surface area contributed by atoms with Crippen LogP contribution in [0.3, 0.4) is 0 Å². The minimum atomic E-state index is -0.269. The van der Waals surface area contributed by atoms with E-state index < -0.39 is 0 Å². The number of nitrogens with zero attached hydrogens (tertiary/aromatic N) is 1. The van der Waals surface area contributed by atoms with Gasteiger partial charge in [-0.2, -0.15) is 5.90 Å². The topological polar surface area (TPSA) is 81.8 Å². The van der Waals surface area contributed by atoms with Crippen molar-refractivity contribution in [1.82, 2.24) is 0 Å². The first kappa shape index (κ1) is 9.72. The highest BCUT2D eigenvalue weighted by Crippen LogP contribution is 2.31. The number of hydrogen-bond donors (Lipinski definition) is 2. The molecule has 0 radical (unpaired) electrons. The monoisotopic (exact) mass is 205 g/mol. The number of benzene rings is 2. The van der Waals surface area contributed by atoms with Crippen molar-refractivity contribution in [3.63, 3.8) is 0 Å². The van der Waals surface area contributed by atoms with Gasteiger partial charge in [0.05, 0.1) is 5.69 Å². The third kappa shape index (κ3) is 1.71. The van der Waals surface area contributed by atoms with Crippen LogP contribution in [-0.4, -0.2) is 5.21 Å². The van der Waals surface area contributed by atoms with Gasteiger partial charge in [-0.3, -0.25) is 5.21 Å². The molecule has 2 rings (SSSR count). The van der Waals surface area contributed by atoms with Crippen molar-refractivity contribution in [2.75, 3.05) is 5.23 Å². The Morgan fingerprint density at radius 3 is 2.33 bits per heavy atom. The molecular weight excluding hydrogens is 196 g/mol. The molecule has 2 aromatic rings. The SMILES string of the molecule is NOc1cc2ccccc2cc1N([O-])O. The van der Waals surface area contributed by atoms with Crippen LogP contribution in [0.5, 0.6) is 5.75 Å². The van der Waals surface area contributed by atoms with E-state index in [4.69, 9.17) is 11.1 Å². The quantitative estimate of drug-likeness (QED) is 0.730. The summed E-state index contributed by atoms with van der Waals surface area (Å²) in [6.45, 7) is 0. The zero-order chi connectivity index (χ0) is 10.8. The third-order valence-corrected chi connectivity index (χ3v) is 2.16. The maximum absolute atomic E-state index is 10.8. The summed E-state index contributed by atoms with van der Waals surface area (Å²) in [5.41, 5.74) is -0.0174. The Labute approximate surface area is 85.8 Å². The fourth-order valence-electron chi connectivity index (χ4n) is 1.45. The highest BCUT2D eigenvalue weighted by molar-refractivity contribution is 5.88. The van der Waals surface area contributed by atoms with Gasteiger partial charge in [-0.05, 0) is 22.9 Å². The zero-order valence-corrected chi connectivity index (χ0v) is 7.75. The predicted octanol–water partition coefficient (Wildman–Crippen LogP) is 1.79. The normalized spacial score (nSPS) is 10.3. The van der Waals surface area contributed by atoms with Crippen molar-refractivity contribution in [2.45, 2.75) is 0 Å². The largest absolute Gasteiger partial charge is 0.733 e. The smallest absolute Gasteiger partial charge is 0.172 e. The molecule has 0 aliphatic rings. The van der Waals surface area contributed by atoms with Crippen molar-refractivity contribution in [3.05, 3.63) is 41.6 Å². The molecule has 5 nitrogen and oxygen atoms in total. The number of fused-ring (bicyclic) bond motifs is 1. The lowest BCUT2D eigenvalue weighted by molar-refractivity contribution is 0.283. The van der Waals surface area contributed by atoms with Crippen molar-refractivity contribution < 1.29 is 10.0 Å². The average molecular weight is 205 g/mol. The predicted molar refractivity (Wildman–Crippen MR) is 56.4 cm³/mol. The standard InChI is InChI=1S/C10H9N2O3/c11-15-10-6-8-4-2-1-3-7(8)5-9(10)12(13)14/h1-6,13H,11H2/q-1. The van der Waals surface area contributed by atoms with E-state index in [9.17, 15) is 5.21 Å². The maximum atomic E-state index is 10.8. The lowest BCUT2D eigenvalue weighted by Gasteiger charge is -2.23. The summed E-state index contributed by atoms with van der Waals surface area (Å²) in [6.07, 6.45) is 0. The van der Waals surface area contributed by atoms with Crippen molar-refractivity contribution in [1.29, 1.82) is 0 Å². The molecule has 3 N–H and O–H groups in total. The van der Waals surface area contributed by atoms with Crippen molar-refractivity contribution in [2.24, 2.45) is 5.90 Å². The summed E-state index contributed by atoms with van der Waals surface area (Å²) in [5, 5.41) is 21.1. The van der Waals surface area contributed by atoms with Gasteiger partial charge in [0.25, 0.3) is 0 Å². The Bertz CT molecular complexity index is 485. The van der Waals surface area contributed by atoms with E-state index in [2.05, 4.69) is 4.84 Å². The molecule has 5 heteroatoms.